The van der Waals surface area contributed by atoms with Gasteiger partial charge in [0.25, 0.3) is 0 Å². The van der Waals surface area contributed by atoms with Crippen LogP contribution in [0.2, 0.25) is 0 Å². The third kappa shape index (κ3) is 1.59. The topological polar surface area (TPSA) is 54.4 Å². The summed E-state index contributed by atoms with van der Waals surface area (Å²) in [6, 6.07) is 0. The van der Waals surface area contributed by atoms with Crippen LogP contribution in [0.4, 0.5) is 0 Å². The molecule has 1 N–H and O–H groups in total. The van der Waals surface area contributed by atoms with Gasteiger partial charge in [0.15, 0.2) is 0 Å². The number of ketones is 1. The Morgan fingerprint density at radius 2 is 1.91 bits per heavy atom. The number of hydrogen-bond donors (Lipinski definition) is 1. The highest BCUT2D eigenvalue weighted by atomic mass is 16.4. The van der Waals surface area contributed by atoms with Crippen LogP contribution in [0, 0.1) is 17.8 Å². The molecule has 0 bridgehead atoms. The van der Waals surface area contributed by atoms with E-state index in [4.69, 9.17) is 5.11 Å². The molecule has 0 saturated heterocycles. The molecule has 2 atom stereocenters. The minimum Gasteiger partial charge on any atom is -0.481 e. The van der Waals surface area contributed by atoms with Crippen molar-refractivity contribution in [1.29, 1.82) is 0 Å². The molecule has 0 unspecified atom stereocenters. The molecule has 3 nitrogen and oxygen atoms in total. The molecule has 62 valence electrons. The molecular formula is C8H12O3. The van der Waals surface area contributed by atoms with Crippen molar-refractivity contribution in [3.8, 4) is 0 Å². The van der Waals surface area contributed by atoms with E-state index in [1.165, 1.54) is 0 Å². The van der Waals surface area contributed by atoms with Crippen molar-refractivity contribution in [2.24, 2.45) is 17.8 Å². The Morgan fingerprint density at radius 3 is 2.18 bits per heavy atom. The molecule has 11 heavy (non-hydrogen) atoms. The highest BCUT2D eigenvalue weighted by molar-refractivity contribution is 5.91. The Labute approximate surface area is 65.4 Å². The third-order valence-electron chi connectivity index (χ3n) is 2.04. The van der Waals surface area contributed by atoms with Crippen LogP contribution in [0.1, 0.15) is 20.3 Å². The van der Waals surface area contributed by atoms with E-state index in [0.717, 1.165) is 0 Å². The zero-order valence-corrected chi connectivity index (χ0v) is 6.70. The maximum Gasteiger partial charge on any atom is 0.307 e. The van der Waals surface area contributed by atoms with Gasteiger partial charge in [-0.15, -0.1) is 0 Å². The summed E-state index contributed by atoms with van der Waals surface area (Å²) in [5.74, 6) is -1.33. The van der Waals surface area contributed by atoms with Crippen LogP contribution in [0.25, 0.3) is 0 Å². The molecule has 3 heteroatoms. The van der Waals surface area contributed by atoms with Gasteiger partial charge in [-0.3, -0.25) is 9.59 Å². The first kappa shape index (κ1) is 8.24. The van der Waals surface area contributed by atoms with Crippen LogP contribution < -0.4 is 0 Å². The van der Waals surface area contributed by atoms with E-state index in [-0.39, 0.29) is 23.5 Å². The average molecular weight is 156 g/mol. The first-order chi connectivity index (χ1) is 5.04. The van der Waals surface area contributed by atoms with Crippen LogP contribution in [0.3, 0.4) is 0 Å². The number of Topliss-reactive ketones (excluding diaryl/α,β-unsaturated/α-hetero) is 1. The summed E-state index contributed by atoms with van der Waals surface area (Å²) in [4.78, 5) is 21.5. The summed E-state index contributed by atoms with van der Waals surface area (Å²) in [5.41, 5.74) is 0. The fourth-order valence-electron chi connectivity index (χ4n) is 1.21. The molecule has 0 aromatic carbocycles. The van der Waals surface area contributed by atoms with Gasteiger partial charge in [0.05, 0.1) is 5.92 Å². The molecule has 0 amide bonds. The van der Waals surface area contributed by atoms with E-state index in [1.54, 1.807) is 13.8 Å². The van der Waals surface area contributed by atoms with Crippen molar-refractivity contribution in [1.82, 2.24) is 0 Å². The summed E-state index contributed by atoms with van der Waals surface area (Å²) in [6.45, 7) is 3.61. The smallest absolute Gasteiger partial charge is 0.307 e. The number of hydrogen-bond acceptors (Lipinski definition) is 2. The van der Waals surface area contributed by atoms with E-state index in [9.17, 15) is 9.59 Å². The van der Waals surface area contributed by atoms with Gasteiger partial charge in [-0.1, -0.05) is 13.8 Å². The summed E-state index contributed by atoms with van der Waals surface area (Å²) in [5, 5.41) is 8.50. The number of carbonyl (C=O) groups excluding carboxylic acids is 1. The zero-order valence-electron chi connectivity index (χ0n) is 6.70. The van der Waals surface area contributed by atoms with Crippen LogP contribution in [-0.4, -0.2) is 16.9 Å². The molecule has 0 heterocycles. The monoisotopic (exact) mass is 156 g/mol. The minimum atomic E-state index is -0.830. The zero-order chi connectivity index (χ0) is 8.59. The second-order valence-electron chi connectivity index (χ2n) is 3.34. The van der Waals surface area contributed by atoms with Crippen molar-refractivity contribution < 1.29 is 14.7 Å². The van der Waals surface area contributed by atoms with Crippen molar-refractivity contribution >= 4 is 11.8 Å². The quantitative estimate of drug-likeness (QED) is 0.661. The molecule has 1 fully saturated rings. The Kier molecular flexibility index (Phi) is 1.98. The summed E-state index contributed by atoms with van der Waals surface area (Å²) < 4.78 is 0. The van der Waals surface area contributed by atoms with E-state index < -0.39 is 5.97 Å². The van der Waals surface area contributed by atoms with Gasteiger partial charge < -0.3 is 5.11 Å². The SMILES string of the molecule is CC(C)C(=O)[C@@H]1C[C@H]1C(=O)O. The highest BCUT2D eigenvalue weighted by Crippen LogP contribution is 2.40. The van der Waals surface area contributed by atoms with Gasteiger partial charge >= 0.3 is 5.97 Å². The molecule has 0 radical (unpaired) electrons. The van der Waals surface area contributed by atoms with E-state index in [1.807, 2.05) is 0 Å². The molecule has 0 aromatic heterocycles. The number of carbonyl (C=O) groups is 2. The van der Waals surface area contributed by atoms with Gasteiger partial charge in [-0.25, -0.2) is 0 Å². The standard InChI is InChI=1S/C8H12O3/c1-4(2)7(9)5-3-6(5)8(10)11/h4-6H,3H2,1-2H3,(H,10,11)/t5-,6-/m1/s1. The molecule has 0 aromatic rings. The highest BCUT2D eigenvalue weighted by Gasteiger charge is 2.48. The lowest BCUT2D eigenvalue weighted by molar-refractivity contribution is -0.140. The Hall–Kier alpha value is -0.860. The van der Waals surface area contributed by atoms with E-state index in [0.29, 0.717) is 6.42 Å². The van der Waals surface area contributed by atoms with Crippen molar-refractivity contribution in [2.45, 2.75) is 20.3 Å². The Balaban J connectivity index is 2.44. The lowest BCUT2D eigenvalue weighted by Gasteiger charge is -1.99. The predicted octanol–water partition coefficient (Wildman–Crippen LogP) is 0.932. The molecule has 1 aliphatic carbocycles. The maximum absolute atomic E-state index is 11.2. The average Bonchev–Trinajstić information content (AvgIpc) is 2.63. The lowest BCUT2D eigenvalue weighted by atomic mass is 10.0. The minimum absolute atomic E-state index is 0.0238. The number of rotatable bonds is 3. The maximum atomic E-state index is 11.2. The molecule has 0 spiro atoms. The molecule has 0 aliphatic heterocycles. The van der Waals surface area contributed by atoms with E-state index >= 15 is 0 Å². The van der Waals surface area contributed by atoms with Gasteiger partial charge in [0, 0.05) is 11.8 Å². The first-order valence-electron chi connectivity index (χ1n) is 3.80. The largest absolute Gasteiger partial charge is 0.481 e. The van der Waals surface area contributed by atoms with Crippen LogP contribution in [0.5, 0.6) is 0 Å². The Bertz CT molecular complexity index is 196. The van der Waals surface area contributed by atoms with Gasteiger partial charge in [0.2, 0.25) is 0 Å². The van der Waals surface area contributed by atoms with Crippen LogP contribution in [-0.2, 0) is 9.59 Å². The molecule has 1 saturated carbocycles. The van der Waals surface area contributed by atoms with Crippen molar-refractivity contribution in [3.63, 3.8) is 0 Å². The van der Waals surface area contributed by atoms with Gasteiger partial charge in [0.1, 0.15) is 5.78 Å². The molecule has 1 aliphatic rings. The lowest BCUT2D eigenvalue weighted by Crippen LogP contribution is -2.13. The fraction of sp³-hybridized carbons (Fsp3) is 0.750. The molecular weight excluding hydrogens is 144 g/mol. The van der Waals surface area contributed by atoms with Crippen molar-refractivity contribution in [2.75, 3.05) is 0 Å². The second kappa shape index (κ2) is 2.64. The summed E-state index contributed by atoms with van der Waals surface area (Å²) >= 11 is 0. The number of carboxylic acid groups (broad SMARTS) is 1. The number of carboxylic acids is 1. The van der Waals surface area contributed by atoms with Crippen molar-refractivity contribution in [3.05, 3.63) is 0 Å². The second-order valence-corrected chi connectivity index (χ2v) is 3.34. The normalized spacial score (nSPS) is 28.6. The van der Waals surface area contributed by atoms with Crippen LogP contribution >= 0.6 is 0 Å². The predicted molar refractivity (Wildman–Crippen MR) is 39.1 cm³/mol. The summed E-state index contributed by atoms with van der Waals surface area (Å²) in [7, 11) is 0. The van der Waals surface area contributed by atoms with Gasteiger partial charge in [-0.05, 0) is 6.42 Å². The molecule has 1 rings (SSSR count). The number of aliphatic carboxylic acids is 1. The summed E-state index contributed by atoms with van der Waals surface area (Å²) in [6.07, 6.45) is 0.548. The van der Waals surface area contributed by atoms with Crippen LogP contribution in [0.15, 0.2) is 0 Å². The fourth-order valence-corrected chi connectivity index (χ4v) is 1.21. The first-order valence-corrected chi connectivity index (χ1v) is 3.80. The van der Waals surface area contributed by atoms with Gasteiger partial charge in [-0.2, -0.15) is 0 Å². The Morgan fingerprint density at radius 1 is 1.36 bits per heavy atom. The third-order valence-corrected chi connectivity index (χ3v) is 2.04. The van der Waals surface area contributed by atoms with E-state index in [2.05, 4.69) is 0 Å².